The number of hydrogen-bond acceptors (Lipinski definition) is 3. The molecular weight excluding hydrogens is 272 g/mol. The summed E-state index contributed by atoms with van der Waals surface area (Å²) >= 11 is 0. The summed E-state index contributed by atoms with van der Waals surface area (Å²) in [7, 11) is 0. The van der Waals surface area contributed by atoms with Gasteiger partial charge < -0.3 is 10.5 Å². The van der Waals surface area contributed by atoms with Crippen molar-refractivity contribution in [1.82, 2.24) is 5.32 Å². The van der Waals surface area contributed by atoms with Crippen LogP contribution >= 0.6 is 0 Å². The van der Waals surface area contributed by atoms with E-state index in [1.165, 1.54) is 16.7 Å². The molecule has 1 heterocycles. The number of rotatable bonds is 4. The van der Waals surface area contributed by atoms with Gasteiger partial charge >= 0.3 is 0 Å². The first-order valence-corrected chi connectivity index (χ1v) is 7.89. The van der Waals surface area contributed by atoms with Crippen LogP contribution in [0.3, 0.4) is 0 Å². The third kappa shape index (κ3) is 3.49. The second kappa shape index (κ2) is 6.11. The second-order valence-corrected chi connectivity index (χ2v) is 6.48. The fourth-order valence-corrected chi connectivity index (χ4v) is 3.00. The lowest BCUT2D eigenvalue weighted by Gasteiger charge is -2.18. The number of ether oxygens (including phenoxy) is 1. The summed E-state index contributed by atoms with van der Waals surface area (Å²) in [6.45, 7) is 4.90. The molecule has 22 heavy (non-hydrogen) atoms. The molecule has 2 aromatic rings. The van der Waals surface area contributed by atoms with Crippen LogP contribution in [0.2, 0.25) is 0 Å². The Balaban J connectivity index is 1.66. The van der Waals surface area contributed by atoms with Crippen LogP contribution in [0, 0.1) is 0 Å². The minimum absolute atomic E-state index is 0.201. The molecule has 1 fully saturated rings. The minimum atomic E-state index is -0.201. The molecule has 0 aliphatic carbocycles. The van der Waals surface area contributed by atoms with Crippen molar-refractivity contribution in [2.24, 2.45) is 0 Å². The van der Waals surface area contributed by atoms with E-state index in [4.69, 9.17) is 10.5 Å². The molecule has 3 rings (SSSR count). The van der Waals surface area contributed by atoms with Crippen molar-refractivity contribution >= 4 is 5.69 Å². The van der Waals surface area contributed by atoms with Crippen LogP contribution in [0.4, 0.5) is 5.69 Å². The highest BCUT2D eigenvalue weighted by Crippen LogP contribution is 2.25. The monoisotopic (exact) mass is 296 g/mol. The summed E-state index contributed by atoms with van der Waals surface area (Å²) < 4.78 is 5.71. The maximum absolute atomic E-state index is 6.25. The number of nitrogen functional groups attached to an aromatic ring is 1. The number of benzene rings is 2. The molecule has 0 amide bonds. The largest absolute Gasteiger partial charge is 0.398 e. The van der Waals surface area contributed by atoms with Crippen molar-refractivity contribution in [3.05, 3.63) is 54.1 Å². The van der Waals surface area contributed by atoms with Crippen LogP contribution in [0.15, 0.2) is 48.5 Å². The average Bonchev–Trinajstić information content (AvgIpc) is 2.86. The summed E-state index contributed by atoms with van der Waals surface area (Å²) in [6, 6.07) is 17.1. The number of nitrogens with one attached hydrogen (secondary N) is 1. The molecule has 1 saturated heterocycles. The fraction of sp³-hybridized carbons (Fsp3) is 0.368. The van der Waals surface area contributed by atoms with Crippen LogP contribution in [-0.4, -0.2) is 18.4 Å². The Bertz CT molecular complexity index is 637. The SMILES string of the molecule is CC1(C)NC(CCc2ccc(-c3ccccc3)cc2N)CO1. The van der Waals surface area contributed by atoms with Crippen LogP contribution < -0.4 is 11.1 Å². The van der Waals surface area contributed by atoms with Crippen molar-refractivity contribution in [1.29, 1.82) is 0 Å². The molecule has 1 aliphatic rings. The molecule has 1 atom stereocenters. The summed E-state index contributed by atoms with van der Waals surface area (Å²) in [5.74, 6) is 0. The lowest BCUT2D eigenvalue weighted by Crippen LogP contribution is -2.38. The molecule has 3 nitrogen and oxygen atoms in total. The molecule has 116 valence electrons. The zero-order valence-electron chi connectivity index (χ0n) is 13.3. The fourth-order valence-electron chi connectivity index (χ4n) is 3.00. The van der Waals surface area contributed by atoms with E-state index in [1.807, 2.05) is 18.2 Å². The zero-order chi connectivity index (χ0) is 15.6. The normalized spacial score (nSPS) is 20.2. The Morgan fingerprint density at radius 2 is 1.91 bits per heavy atom. The van der Waals surface area contributed by atoms with Gasteiger partial charge in [0.2, 0.25) is 0 Å². The Morgan fingerprint density at radius 1 is 1.14 bits per heavy atom. The first-order valence-electron chi connectivity index (χ1n) is 7.89. The van der Waals surface area contributed by atoms with Gasteiger partial charge in [-0.2, -0.15) is 0 Å². The van der Waals surface area contributed by atoms with E-state index in [0.29, 0.717) is 6.04 Å². The van der Waals surface area contributed by atoms with Gasteiger partial charge in [0.15, 0.2) is 0 Å². The summed E-state index contributed by atoms with van der Waals surface area (Å²) in [5, 5.41) is 3.49. The van der Waals surface area contributed by atoms with Crippen LogP contribution in [0.1, 0.15) is 25.8 Å². The first-order chi connectivity index (χ1) is 10.5. The van der Waals surface area contributed by atoms with E-state index < -0.39 is 0 Å². The van der Waals surface area contributed by atoms with Crippen molar-refractivity contribution in [2.75, 3.05) is 12.3 Å². The lowest BCUT2D eigenvalue weighted by molar-refractivity contribution is 0.0231. The van der Waals surface area contributed by atoms with Crippen LogP contribution in [0.25, 0.3) is 11.1 Å². The summed E-state index contributed by atoms with van der Waals surface area (Å²) in [4.78, 5) is 0. The van der Waals surface area contributed by atoms with Gasteiger partial charge in [-0.05, 0) is 49.4 Å². The Labute approximate surface area is 132 Å². The smallest absolute Gasteiger partial charge is 0.113 e. The molecule has 3 heteroatoms. The van der Waals surface area contributed by atoms with Gasteiger partial charge in [0.05, 0.1) is 6.61 Å². The number of hydrogen-bond donors (Lipinski definition) is 2. The third-order valence-electron chi connectivity index (χ3n) is 4.21. The second-order valence-electron chi connectivity index (χ2n) is 6.48. The molecule has 0 radical (unpaired) electrons. The topological polar surface area (TPSA) is 47.3 Å². The van der Waals surface area contributed by atoms with E-state index in [2.05, 4.69) is 49.5 Å². The lowest BCUT2D eigenvalue weighted by atomic mass is 9.99. The van der Waals surface area contributed by atoms with Crippen LogP contribution in [-0.2, 0) is 11.2 Å². The molecule has 0 bridgehead atoms. The van der Waals surface area contributed by atoms with Gasteiger partial charge in [-0.15, -0.1) is 0 Å². The molecule has 1 aliphatic heterocycles. The van der Waals surface area contributed by atoms with Gasteiger partial charge in [0.25, 0.3) is 0 Å². The minimum Gasteiger partial charge on any atom is -0.398 e. The van der Waals surface area contributed by atoms with E-state index in [-0.39, 0.29) is 5.72 Å². The Hall–Kier alpha value is -1.84. The van der Waals surface area contributed by atoms with Gasteiger partial charge in [0, 0.05) is 11.7 Å². The maximum Gasteiger partial charge on any atom is 0.113 e. The first kappa shape index (κ1) is 15.1. The summed E-state index contributed by atoms with van der Waals surface area (Å²) in [5.41, 5.74) is 10.5. The van der Waals surface area contributed by atoms with Crippen molar-refractivity contribution in [2.45, 2.75) is 38.5 Å². The van der Waals surface area contributed by atoms with Crippen molar-refractivity contribution in [3.8, 4) is 11.1 Å². The van der Waals surface area contributed by atoms with Crippen LogP contribution in [0.5, 0.6) is 0 Å². The quantitative estimate of drug-likeness (QED) is 0.848. The molecule has 1 unspecified atom stereocenters. The van der Waals surface area contributed by atoms with E-state index in [1.54, 1.807) is 0 Å². The number of nitrogens with two attached hydrogens (primary N) is 1. The highest BCUT2D eigenvalue weighted by molar-refractivity contribution is 5.68. The molecule has 0 saturated carbocycles. The summed E-state index contributed by atoms with van der Waals surface area (Å²) in [6.07, 6.45) is 2.01. The number of aryl methyl sites for hydroxylation is 1. The molecule has 2 aromatic carbocycles. The average molecular weight is 296 g/mol. The van der Waals surface area contributed by atoms with Gasteiger partial charge in [0.1, 0.15) is 5.72 Å². The number of anilines is 1. The maximum atomic E-state index is 6.25. The van der Waals surface area contributed by atoms with Crippen molar-refractivity contribution < 1.29 is 4.74 Å². The zero-order valence-corrected chi connectivity index (χ0v) is 13.3. The van der Waals surface area contributed by atoms with Gasteiger partial charge in [-0.3, -0.25) is 5.32 Å². The molecule has 0 aromatic heterocycles. The van der Waals surface area contributed by atoms with E-state index in [9.17, 15) is 0 Å². The Kier molecular flexibility index (Phi) is 4.19. The molecule has 0 spiro atoms. The van der Waals surface area contributed by atoms with E-state index in [0.717, 1.165) is 25.1 Å². The van der Waals surface area contributed by atoms with Gasteiger partial charge in [-0.25, -0.2) is 0 Å². The predicted octanol–water partition coefficient (Wildman–Crippen LogP) is 3.59. The standard InChI is InChI=1S/C19H24N2O/c1-19(2)21-17(13-22-19)11-10-15-8-9-16(12-18(15)20)14-6-4-3-5-7-14/h3-9,12,17,21H,10-11,13,20H2,1-2H3. The predicted molar refractivity (Wildman–Crippen MR) is 91.6 cm³/mol. The molecule has 3 N–H and O–H groups in total. The van der Waals surface area contributed by atoms with E-state index >= 15 is 0 Å². The highest BCUT2D eigenvalue weighted by atomic mass is 16.5. The highest BCUT2D eigenvalue weighted by Gasteiger charge is 2.30. The van der Waals surface area contributed by atoms with Crippen molar-refractivity contribution in [3.63, 3.8) is 0 Å². The van der Waals surface area contributed by atoms with Gasteiger partial charge in [-0.1, -0.05) is 42.5 Å². The third-order valence-corrected chi connectivity index (χ3v) is 4.21. The Morgan fingerprint density at radius 3 is 2.55 bits per heavy atom. The molecular formula is C19H24N2O.